The van der Waals surface area contributed by atoms with E-state index in [0.717, 1.165) is 0 Å². The number of carbonyl (C=O) groups is 2. The van der Waals surface area contributed by atoms with Crippen LogP contribution in [0.3, 0.4) is 0 Å². The molecule has 1 atom stereocenters. The molecular weight excluding hydrogens is 315 g/mol. The molecule has 0 spiro atoms. The molecule has 6 heteroatoms. The summed E-state index contributed by atoms with van der Waals surface area (Å²) in [6.07, 6.45) is -0.733. The minimum atomic E-state index is -3.74. The highest BCUT2D eigenvalue weighted by atomic mass is 31.2. The van der Waals surface area contributed by atoms with Gasteiger partial charge < -0.3 is 14.8 Å². The molecule has 0 bridgehead atoms. The van der Waals surface area contributed by atoms with E-state index in [4.69, 9.17) is 0 Å². The van der Waals surface area contributed by atoms with Gasteiger partial charge in [0.05, 0.1) is 6.42 Å². The number of aliphatic carboxylic acids is 2. The Hall–Kier alpha value is -2.39. The van der Waals surface area contributed by atoms with Crippen LogP contribution in [0.25, 0.3) is 0 Å². The van der Waals surface area contributed by atoms with Crippen molar-refractivity contribution in [2.75, 3.05) is 0 Å². The van der Waals surface area contributed by atoms with Crippen LogP contribution in [-0.4, -0.2) is 27.3 Å². The summed E-state index contributed by atoms with van der Waals surface area (Å²) in [5.74, 6) is -2.70. The number of benzene rings is 2. The number of rotatable bonds is 6. The van der Waals surface area contributed by atoms with Crippen molar-refractivity contribution >= 4 is 29.7 Å². The molecule has 0 fully saturated rings. The van der Waals surface area contributed by atoms with Gasteiger partial charge in [0, 0.05) is 10.6 Å². The minimum absolute atomic E-state index is 0.331. The summed E-state index contributed by atoms with van der Waals surface area (Å²) < 4.78 is 14.0. The predicted molar refractivity (Wildman–Crippen MR) is 88.1 cm³/mol. The molecule has 120 valence electrons. The Morgan fingerprint density at radius 1 is 0.913 bits per heavy atom. The lowest BCUT2D eigenvalue weighted by atomic mass is 10.1. The van der Waals surface area contributed by atoms with Crippen molar-refractivity contribution in [2.24, 2.45) is 0 Å². The van der Waals surface area contributed by atoms with Gasteiger partial charge in [-0.25, -0.2) is 0 Å². The van der Waals surface area contributed by atoms with E-state index >= 15 is 0 Å². The number of carboxylic acids is 2. The molecule has 0 radical (unpaired) electrons. The zero-order chi connectivity index (χ0) is 17.1. The Morgan fingerprint density at radius 3 is 1.61 bits per heavy atom. The van der Waals surface area contributed by atoms with Crippen LogP contribution in [0.15, 0.2) is 60.7 Å². The predicted octanol–water partition coefficient (Wildman–Crippen LogP) is 2.32. The Labute approximate surface area is 134 Å². The lowest BCUT2D eigenvalue weighted by Gasteiger charge is -2.33. The molecule has 0 amide bonds. The second-order valence-electron chi connectivity index (χ2n) is 5.43. The normalized spacial score (nSPS) is 14.0. The molecule has 2 N–H and O–H groups in total. The van der Waals surface area contributed by atoms with Crippen molar-refractivity contribution in [3.05, 3.63) is 60.7 Å². The van der Waals surface area contributed by atoms with Gasteiger partial charge in [-0.1, -0.05) is 60.7 Å². The highest BCUT2D eigenvalue weighted by Gasteiger charge is 2.53. The summed E-state index contributed by atoms with van der Waals surface area (Å²) in [6, 6.07) is 16.4. The number of hydrogen-bond donors (Lipinski definition) is 2. The van der Waals surface area contributed by atoms with Gasteiger partial charge in [0.25, 0.3) is 0 Å². The largest absolute Gasteiger partial charge is 0.481 e. The third-order valence-corrected chi connectivity index (χ3v) is 7.68. The summed E-state index contributed by atoms with van der Waals surface area (Å²) in [5, 5.41) is 17.6. The lowest BCUT2D eigenvalue weighted by Crippen LogP contribution is -2.44. The van der Waals surface area contributed by atoms with Gasteiger partial charge in [-0.2, -0.15) is 0 Å². The first-order valence-electron chi connectivity index (χ1n) is 6.99. The van der Waals surface area contributed by atoms with E-state index < -0.39 is 30.7 Å². The molecular formula is C17H17O5P. The van der Waals surface area contributed by atoms with Crippen LogP contribution in [0, 0.1) is 0 Å². The Morgan fingerprint density at radius 2 is 1.30 bits per heavy atom. The van der Waals surface area contributed by atoms with Crippen LogP contribution in [0.4, 0.5) is 0 Å². The molecule has 2 aromatic carbocycles. The molecule has 23 heavy (non-hydrogen) atoms. The van der Waals surface area contributed by atoms with Crippen molar-refractivity contribution in [2.45, 2.75) is 18.5 Å². The molecule has 2 rings (SSSR count). The lowest BCUT2D eigenvalue weighted by molar-refractivity contribution is -0.146. The molecule has 2 aromatic rings. The van der Waals surface area contributed by atoms with Gasteiger partial charge in [0.2, 0.25) is 0 Å². The zero-order valence-corrected chi connectivity index (χ0v) is 13.4. The van der Waals surface area contributed by atoms with E-state index in [1.165, 1.54) is 6.92 Å². The van der Waals surface area contributed by atoms with Crippen molar-refractivity contribution in [1.29, 1.82) is 0 Å². The molecule has 0 saturated heterocycles. The third kappa shape index (κ3) is 2.92. The second kappa shape index (κ2) is 6.39. The van der Waals surface area contributed by atoms with Gasteiger partial charge in [-0.3, -0.25) is 9.59 Å². The summed E-state index contributed by atoms with van der Waals surface area (Å²) in [6.45, 7) is 1.24. The van der Waals surface area contributed by atoms with Gasteiger partial charge in [-0.15, -0.1) is 0 Å². The Balaban J connectivity index is 2.79. The summed E-state index contributed by atoms with van der Waals surface area (Å²) in [4.78, 5) is 23.2. The molecule has 0 aliphatic rings. The fourth-order valence-corrected chi connectivity index (χ4v) is 5.86. The molecule has 0 aliphatic carbocycles. The van der Waals surface area contributed by atoms with Crippen molar-refractivity contribution in [3.63, 3.8) is 0 Å². The van der Waals surface area contributed by atoms with Gasteiger partial charge in [-0.05, 0) is 6.92 Å². The first-order valence-corrected chi connectivity index (χ1v) is 8.69. The molecule has 1 unspecified atom stereocenters. The van der Waals surface area contributed by atoms with Gasteiger partial charge >= 0.3 is 11.9 Å². The maximum Gasteiger partial charge on any atom is 0.318 e. The van der Waals surface area contributed by atoms with Crippen molar-refractivity contribution in [3.8, 4) is 0 Å². The van der Waals surface area contributed by atoms with E-state index in [2.05, 4.69) is 0 Å². The summed E-state index contributed by atoms with van der Waals surface area (Å²) in [5.41, 5.74) is 0. The van der Waals surface area contributed by atoms with Crippen LogP contribution in [0.1, 0.15) is 13.3 Å². The monoisotopic (exact) mass is 332 g/mol. The first kappa shape index (κ1) is 17.0. The van der Waals surface area contributed by atoms with Gasteiger partial charge in [0.15, 0.2) is 7.14 Å². The maximum atomic E-state index is 14.0. The summed E-state index contributed by atoms with van der Waals surface area (Å²) in [7, 11) is -3.74. The van der Waals surface area contributed by atoms with Crippen molar-refractivity contribution in [1.82, 2.24) is 0 Å². The number of carboxylic acid groups (broad SMARTS) is 2. The molecule has 0 saturated carbocycles. The Kier molecular flexibility index (Phi) is 4.71. The quantitative estimate of drug-likeness (QED) is 0.792. The average molecular weight is 332 g/mol. The van der Waals surface area contributed by atoms with Crippen LogP contribution in [0.2, 0.25) is 0 Å². The zero-order valence-electron chi connectivity index (χ0n) is 12.5. The van der Waals surface area contributed by atoms with E-state index in [1.807, 2.05) is 0 Å². The number of hydrogen-bond acceptors (Lipinski definition) is 3. The van der Waals surface area contributed by atoms with E-state index in [-0.39, 0.29) is 0 Å². The third-order valence-electron chi connectivity index (χ3n) is 3.89. The van der Waals surface area contributed by atoms with Crippen LogP contribution in [-0.2, 0) is 14.2 Å². The van der Waals surface area contributed by atoms with Crippen LogP contribution in [0.5, 0.6) is 0 Å². The van der Waals surface area contributed by atoms with Gasteiger partial charge in [0.1, 0.15) is 5.16 Å². The van der Waals surface area contributed by atoms with E-state index in [1.54, 1.807) is 60.7 Å². The summed E-state index contributed by atoms with van der Waals surface area (Å²) >= 11 is 0. The van der Waals surface area contributed by atoms with Crippen LogP contribution < -0.4 is 10.6 Å². The highest BCUT2D eigenvalue weighted by Crippen LogP contribution is 2.57. The first-order chi connectivity index (χ1) is 10.8. The van der Waals surface area contributed by atoms with E-state index in [0.29, 0.717) is 10.6 Å². The fraction of sp³-hybridized carbons (Fsp3) is 0.176. The van der Waals surface area contributed by atoms with E-state index in [9.17, 15) is 24.4 Å². The Bertz CT molecular complexity index is 714. The molecule has 0 aliphatic heterocycles. The topological polar surface area (TPSA) is 91.7 Å². The minimum Gasteiger partial charge on any atom is -0.481 e. The standard InChI is InChI=1S/C17H17O5P/c1-17(16(20)21,12-15(18)19)23(22,13-8-4-2-5-9-13)14-10-6-3-7-11-14/h2-11H,12H2,1H3,(H,18,19)(H,20,21). The highest BCUT2D eigenvalue weighted by molar-refractivity contribution is 7.80. The second-order valence-corrected chi connectivity index (χ2v) is 8.67. The van der Waals surface area contributed by atoms with Crippen LogP contribution >= 0.6 is 7.14 Å². The molecule has 0 heterocycles. The average Bonchev–Trinajstić information content (AvgIpc) is 2.54. The fourth-order valence-electron chi connectivity index (χ4n) is 2.61. The maximum absolute atomic E-state index is 14.0. The SMILES string of the molecule is CC(CC(=O)O)(C(=O)O)P(=O)(c1ccccc1)c1ccccc1. The molecule has 0 aromatic heterocycles. The molecule has 5 nitrogen and oxygen atoms in total. The smallest absolute Gasteiger partial charge is 0.318 e. The van der Waals surface area contributed by atoms with Crippen molar-refractivity contribution < 1.29 is 24.4 Å².